The van der Waals surface area contributed by atoms with Crippen LogP contribution in [0.4, 0.5) is 30.6 Å². The lowest BCUT2D eigenvalue weighted by molar-refractivity contribution is -0.118. The van der Waals surface area contributed by atoms with Gasteiger partial charge in [-0.25, -0.2) is 13.6 Å². The quantitative estimate of drug-likeness (QED) is 0.574. The fourth-order valence-electron chi connectivity index (χ4n) is 2.64. The largest absolute Gasteiger partial charge is 0.465 e. The summed E-state index contributed by atoms with van der Waals surface area (Å²) in [6.07, 6.45) is -1.06. The minimum absolute atomic E-state index is 0.212. The highest BCUT2D eigenvalue weighted by molar-refractivity contribution is 5.99. The third-order valence-electron chi connectivity index (χ3n) is 3.77. The van der Waals surface area contributed by atoms with Crippen molar-refractivity contribution in [1.29, 1.82) is 0 Å². The second-order valence-electron chi connectivity index (χ2n) is 7.58. The standard InChI is InChI=1S/C20H23F2N3O3/c1-20(2,3)11-17(25-19(27)28)18(26)24-15-8-7-13(22)10-16(15)23-14-6-4-5-12(21)9-14/h4-10,17,23,25H,11H2,1-3H3,(H,24,26)(H,27,28). The van der Waals surface area contributed by atoms with Gasteiger partial charge in [-0.1, -0.05) is 26.8 Å². The minimum atomic E-state index is -1.32. The van der Waals surface area contributed by atoms with Crippen LogP contribution >= 0.6 is 0 Å². The number of carboxylic acid groups (broad SMARTS) is 1. The number of benzene rings is 2. The highest BCUT2D eigenvalue weighted by Gasteiger charge is 2.27. The smallest absolute Gasteiger partial charge is 0.405 e. The van der Waals surface area contributed by atoms with Crippen molar-refractivity contribution in [2.75, 3.05) is 10.6 Å². The first kappa shape index (κ1) is 21.1. The fraction of sp³-hybridized carbons (Fsp3) is 0.300. The molecule has 0 heterocycles. The lowest BCUT2D eigenvalue weighted by atomic mass is 9.88. The van der Waals surface area contributed by atoms with Gasteiger partial charge in [-0.05, 0) is 48.2 Å². The number of hydrogen-bond donors (Lipinski definition) is 4. The lowest BCUT2D eigenvalue weighted by Crippen LogP contribution is -2.45. The summed E-state index contributed by atoms with van der Waals surface area (Å²) in [5, 5.41) is 16.7. The van der Waals surface area contributed by atoms with E-state index in [1.165, 1.54) is 24.3 Å². The fourth-order valence-corrected chi connectivity index (χ4v) is 2.64. The summed E-state index contributed by atoms with van der Waals surface area (Å²) in [6.45, 7) is 5.64. The van der Waals surface area contributed by atoms with Gasteiger partial charge in [0.05, 0.1) is 11.4 Å². The summed E-state index contributed by atoms with van der Waals surface area (Å²) in [5.41, 5.74) is 0.511. The van der Waals surface area contributed by atoms with Crippen LogP contribution in [0.3, 0.4) is 0 Å². The molecular formula is C20H23F2N3O3. The van der Waals surface area contributed by atoms with Crippen LogP contribution in [0.2, 0.25) is 0 Å². The predicted molar refractivity (Wildman–Crippen MR) is 104 cm³/mol. The van der Waals surface area contributed by atoms with Gasteiger partial charge in [0.25, 0.3) is 0 Å². The molecule has 0 saturated heterocycles. The molecule has 150 valence electrons. The Morgan fingerprint density at radius 1 is 1.04 bits per heavy atom. The molecule has 0 aromatic heterocycles. The number of rotatable bonds is 6. The lowest BCUT2D eigenvalue weighted by Gasteiger charge is -2.25. The Labute approximate surface area is 162 Å². The predicted octanol–water partition coefficient (Wildman–Crippen LogP) is 4.72. The van der Waals surface area contributed by atoms with E-state index in [0.717, 1.165) is 12.1 Å². The van der Waals surface area contributed by atoms with Gasteiger partial charge in [0.15, 0.2) is 0 Å². The van der Waals surface area contributed by atoms with Gasteiger partial charge in [0.2, 0.25) is 5.91 Å². The van der Waals surface area contributed by atoms with Crippen LogP contribution in [0.5, 0.6) is 0 Å². The first-order valence-electron chi connectivity index (χ1n) is 8.66. The third-order valence-corrected chi connectivity index (χ3v) is 3.77. The van der Waals surface area contributed by atoms with Crippen LogP contribution in [0.1, 0.15) is 27.2 Å². The third kappa shape index (κ3) is 6.53. The van der Waals surface area contributed by atoms with E-state index in [2.05, 4.69) is 16.0 Å². The molecule has 4 N–H and O–H groups in total. The van der Waals surface area contributed by atoms with Crippen molar-refractivity contribution in [3.8, 4) is 0 Å². The Balaban J connectivity index is 2.26. The molecular weight excluding hydrogens is 368 g/mol. The van der Waals surface area contributed by atoms with Gasteiger partial charge in [-0.2, -0.15) is 0 Å². The zero-order valence-electron chi connectivity index (χ0n) is 15.8. The molecule has 6 nitrogen and oxygen atoms in total. The average molecular weight is 391 g/mol. The van der Waals surface area contributed by atoms with Crippen molar-refractivity contribution in [1.82, 2.24) is 5.32 Å². The highest BCUT2D eigenvalue weighted by Crippen LogP contribution is 2.28. The number of amides is 2. The molecule has 0 aliphatic carbocycles. The average Bonchev–Trinajstić information content (AvgIpc) is 2.55. The van der Waals surface area contributed by atoms with Crippen LogP contribution in [-0.2, 0) is 4.79 Å². The Morgan fingerprint density at radius 3 is 2.32 bits per heavy atom. The SMILES string of the molecule is CC(C)(C)CC(NC(=O)O)C(=O)Nc1ccc(F)cc1Nc1cccc(F)c1. The van der Waals surface area contributed by atoms with E-state index >= 15 is 0 Å². The summed E-state index contributed by atoms with van der Waals surface area (Å²) in [7, 11) is 0. The zero-order chi connectivity index (χ0) is 20.9. The molecule has 28 heavy (non-hydrogen) atoms. The van der Waals surface area contributed by atoms with Gasteiger partial charge in [0, 0.05) is 5.69 Å². The molecule has 0 fully saturated rings. The normalized spacial score (nSPS) is 12.2. The van der Waals surface area contributed by atoms with E-state index in [9.17, 15) is 18.4 Å². The van der Waals surface area contributed by atoms with E-state index in [0.29, 0.717) is 5.69 Å². The summed E-state index contributed by atoms with van der Waals surface area (Å²) in [4.78, 5) is 23.7. The van der Waals surface area contributed by atoms with Crippen molar-refractivity contribution in [2.24, 2.45) is 5.41 Å². The monoisotopic (exact) mass is 391 g/mol. The van der Waals surface area contributed by atoms with Crippen molar-refractivity contribution in [3.63, 3.8) is 0 Å². The van der Waals surface area contributed by atoms with E-state index in [1.807, 2.05) is 20.8 Å². The maximum atomic E-state index is 13.7. The van der Waals surface area contributed by atoms with E-state index in [-0.39, 0.29) is 23.2 Å². The second-order valence-corrected chi connectivity index (χ2v) is 7.58. The molecule has 0 aliphatic heterocycles. The second kappa shape index (κ2) is 8.69. The summed E-state index contributed by atoms with van der Waals surface area (Å²) in [5.74, 6) is -1.60. The minimum Gasteiger partial charge on any atom is -0.465 e. The van der Waals surface area contributed by atoms with Crippen LogP contribution in [0.15, 0.2) is 42.5 Å². The first-order valence-corrected chi connectivity index (χ1v) is 8.66. The molecule has 2 aromatic carbocycles. The molecule has 0 spiro atoms. The Kier molecular flexibility index (Phi) is 6.56. The molecule has 2 amide bonds. The van der Waals surface area contributed by atoms with Crippen molar-refractivity contribution in [3.05, 3.63) is 54.1 Å². The number of anilines is 3. The number of hydrogen-bond acceptors (Lipinski definition) is 3. The molecule has 0 aliphatic rings. The van der Waals surface area contributed by atoms with Crippen LogP contribution in [-0.4, -0.2) is 23.1 Å². The summed E-state index contributed by atoms with van der Waals surface area (Å²) in [6, 6.07) is 8.26. The Hall–Kier alpha value is -3.16. The molecule has 0 saturated carbocycles. The number of halogens is 2. The van der Waals surface area contributed by atoms with Crippen LogP contribution in [0.25, 0.3) is 0 Å². The molecule has 1 atom stereocenters. The molecule has 8 heteroatoms. The maximum Gasteiger partial charge on any atom is 0.405 e. The van der Waals surface area contributed by atoms with Gasteiger partial charge in [-0.15, -0.1) is 0 Å². The molecule has 0 bridgehead atoms. The van der Waals surface area contributed by atoms with Crippen molar-refractivity contribution in [2.45, 2.75) is 33.2 Å². The van der Waals surface area contributed by atoms with Gasteiger partial charge in [0.1, 0.15) is 17.7 Å². The topological polar surface area (TPSA) is 90.5 Å². The Morgan fingerprint density at radius 2 is 1.71 bits per heavy atom. The van der Waals surface area contributed by atoms with Gasteiger partial charge >= 0.3 is 6.09 Å². The summed E-state index contributed by atoms with van der Waals surface area (Å²) >= 11 is 0. The molecule has 2 rings (SSSR count). The van der Waals surface area contributed by atoms with Gasteiger partial charge in [-0.3, -0.25) is 4.79 Å². The van der Waals surface area contributed by atoms with E-state index in [4.69, 9.17) is 5.11 Å². The zero-order valence-corrected chi connectivity index (χ0v) is 15.8. The van der Waals surface area contributed by atoms with E-state index in [1.54, 1.807) is 6.07 Å². The highest BCUT2D eigenvalue weighted by atomic mass is 19.1. The van der Waals surface area contributed by atoms with E-state index < -0.39 is 29.7 Å². The molecule has 2 aromatic rings. The number of carbonyl (C=O) groups is 2. The summed E-state index contributed by atoms with van der Waals surface area (Å²) < 4.78 is 27.1. The molecule has 1 unspecified atom stereocenters. The van der Waals surface area contributed by atoms with Crippen molar-refractivity contribution < 1.29 is 23.5 Å². The maximum absolute atomic E-state index is 13.7. The van der Waals surface area contributed by atoms with Crippen LogP contribution < -0.4 is 16.0 Å². The number of carbonyl (C=O) groups excluding carboxylic acids is 1. The number of nitrogens with one attached hydrogen (secondary N) is 3. The first-order chi connectivity index (χ1) is 13.0. The Bertz CT molecular complexity index is 866. The van der Waals surface area contributed by atoms with Crippen molar-refractivity contribution >= 4 is 29.1 Å². The van der Waals surface area contributed by atoms with Gasteiger partial charge < -0.3 is 21.1 Å². The molecule has 0 radical (unpaired) electrons. The van der Waals surface area contributed by atoms with Crippen LogP contribution in [0, 0.1) is 17.0 Å².